The van der Waals surface area contributed by atoms with E-state index in [1.807, 2.05) is 25.1 Å². The SMILES string of the molecule is CCOc1cc(/C=C(/NC(C)=O)C(=O)O)ccc1OCc1cccc(Cl)c1. The lowest BCUT2D eigenvalue weighted by Crippen LogP contribution is -2.24. The van der Waals surface area contributed by atoms with Crippen LogP contribution in [0, 0.1) is 0 Å². The quantitative estimate of drug-likeness (QED) is 0.669. The van der Waals surface area contributed by atoms with Crippen molar-refractivity contribution >= 4 is 29.6 Å². The molecule has 142 valence electrons. The van der Waals surface area contributed by atoms with E-state index >= 15 is 0 Å². The molecule has 0 aromatic heterocycles. The van der Waals surface area contributed by atoms with Crippen LogP contribution in [0.2, 0.25) is 5.02 Å². The van der Waals surface area contributed by atoms with E-state index in [-0.39, 0.29) is 5.70 Å². The average Bonchev–Trinajstić information content (AvgIpc) is 2.60. The molecule has 0 aliphatic carbocycles. The number of carbonyl (C=O) groups excluding carboxylic acids is 1. The summed E-state index contributed by atoms with van der Waals surface area (Å²) in [5.41, 5.74) is 1.24. The van der Waals surface area contributed by atoms with Gasteiger partial charge in [-0.05, 0) is 48.4 Å². The van der Waals surface area contributed by atoms with Gasteiger partial charge in [0.05, 0.1) is 6.61 Å². The third-order valence-electron chi connectivity index (χ3n) is 3.40. The molecule has 2 aromatic carbocycles. The molecule has 0 saturated carbocycles. The van der Waals surface area contributed by atoms with Gasteiger partial charge in [0.2, 0.25) is 5.91 Å². The monoisotopic (exact) mass is 389 g/mol. The normalized spacial score (nSPS) is 11.0. The number of amides is 1. The number of carboxylic acids is 1. The van der Waals surface area contributed by atoms with Gasteiger partial charge >= 0.3 is 5.97 Å². The van der Waals surface area contributed by atoms with Crippen LogP contribution < -0.4 is 14.8 Å². The first-order chi connectivity index (χ1) is 12.9. The standard InChI is InChI=1S/C20H20ClNO5/c1-3-26-19-11-14(10-17(20(24)25)22-13(2)23)7-8-18(19)27-12-15-5-4-6-16(21)9-15/h4-11H,3,12H2,1-2H3,(H,22,23)(H,24,25)/b17-10+. The molecule has 27 heavy (non-hydrogen) atoms. The highest BCUT2D eigenvalue weighted by Gasteiger charge is 2.11. The van der Waals surface area contributed by atoms with E-state index in [9.17, 15) is 14.7 Å². The molecule has 0 fully saturated rings. The van der Waals surface area contributed by atoms with Gasteiger partial charge in [-0.2, -0.15) is 0 Å². The van der Waals surface area contributed by atoms with Crippen molar-refractivity contribution in [1.29, 1.82) is 0 Å². The molecule has 0 spiro atoms. The lowest BCUT2D eigenvalue weighted by atomic mass is 10.1. The molecular weight excluding hydrogens is 370 g/mol. The van der Waals surface area contributed by atoms with Crippen LogP contribution in [0.25, 0.3) is 6.08 Å². The molecule has 0 radical (unpaired) electrons. The van der Waals surface area contributed by atoms with Crippen LogP contribution in [0.15, 0.2) is 48.2 Å². The number of hydrogen-bond acceptors (Lipinski definition) is 4. The first kappa shape index (κ1) is 20.3. The second-order valence-corrected chi connectivity index (χ2v) is 6.04. The largest absolute Gasteiger partial charge is 0.490 e. The number of carboxylic acid groups (broad SMARTS) is 1. The van der Waals surface area contributed by atoms with Crippen LogP contribution in [0.5, 0.6) is 11.5 Å². The molecule has 2 N–H and O–H groups in total. The average molecular weight is 390 g/mol. The van der Waals surface area contributed by atoms with Crippen LogP contribution in [0.3, 0.4) is 0 Å². The maximum Gasteiger partial charge on any atom is 0.352 e. The second kappa shape index (κ2) is 9.64. The van der Waals surface area contributed by atoms with Crippen molar-refractivity contribution in [3.05, 3.63) is 64.3 Å². The zero-order chi connectivity index (χ0) is 19.8. The van der Waals surface area contributed by atoms with E-state index in [4.69, 9.17) is 21.1 Å². The lowest BCUT2D eigenvalue weighted by molar-refractivity contribution is -0.134. The molecule has 0 saturated heterocycles. The Labute approximate surface area is 162 Å². The zero-order valence-electron chi connectivity index (χ0n) is 15.0. The lowest BCUT2D eigenvalue weighted by Gasteiger charge is -2.13. The van der Waals surface area contributed by atoms with Crippen LogP contribution in [-0.4, -0.2) is 23.6 Å². The summed E-state index contributed by atoms with van der Waals surface area (Å²) in [5, 5.41) is 12.1. The van der Waals surface area contributed by atoms with Crippen molar-refractivity contribution in [1.82, 2.24) is 5.32 Å². The number of carbonyl (C=O) groups is 2. The predicted molar refractivity (Wildman–Crippen MR) is 103 cm³/mol. The van der Waals surface area contributed by atoms with E-state index in [1.165, 1.54) is 13.0 Å². The minimum absolute atomic E-state index is 0.224. The molecule has 0 bridgehead atoms. The molecule has 2 aromatic rings. The summed E-state index contributed by atoms with van der Waals surface area (Å²) >= 11 is 5.97. The molecule has 2 rings (SSSR count). The molecular formula is C20H20ClNO5. The number of benzene rings is 2. The topological polar surface area (TPSA) is 84.9 Å². The summed E-state index contributed by atoms with van der Waals surface area (Å²) in [7, 11) is 0. The van der Waals surface area contributed by atoms with E-state index in [0.717, 1.165) is 5.56 Å². The highest BCUT2D eigenvalue weighted by Crippen LogP contribution is 2.30. The summed E-state index contributed by atoms with van der Waals surface area (Å²) in [6, 6.07) is 12.4. The van der Waals surface area contributed by atoms with Gasteiger partial charge in [-0.3, -0.25) is 4.79 Å². The molecule has 6 nitrogen and oxygen atoms in total. The number of aliphatic carboxylic acids is 1. The Morgan fingerprint density at radius 2 is 1.93 bits per heavy atom. The number of nitrogens with one attached hydrogen (secondary N) is 1. The third kappa shape index (κ3) is 6.34. The van der Waals surface area contributed by atoms with Gasteiger partial charge in [-0.25, -0.2) is 4.79 Å². The minimum Gasteiger partial charge on any atom is -0.490 e. The Kier molecular flexibility index (Phi) is 7.25. The fourth-order valence-electron chi connectivity index (χ4n) is 2.30. The fraction of sp³-hybridized carbons (Fsp3) is 0.200. The second-order valence-electron chi connectivity index (χ2n) is 5.60. The van der Waals surface area contributed by atoms with Gasteiger partial charge in [-0.15, -0.1) is 0 Å². The Balaban J connectivity index is 2.24. The van der Waals surface area contributed by atoms with E-state index in [1.54, 1.807) is 24.3 Å². The van der Waals surface area contributed by atoms with Crippen LogP contribution >= 0.6 is 11.6 Å². The van der Waals surface area contributed by atoms with E-state index in [2.05, 4.69) is 5.32 Å². The summed E-state index contributed by atoms with van der Waals surface area (Å²) in [6.45, 7) is 3.80. The Bertz CT molecular complexity index is 863. The van der Waals surface area contributed by atoms with Gasteiger partial charge in [0.1, 0.15) is 12.3 Å². The van der Waals surface area contributed by atoms with Gasteiger partial charge in [0.15, 0.2) is 11.5 Å². The maximum atomic E-state index is 11.3. The summed E-state index contributed by atoms with van der Waals surface area (Å²) in [5.74, 6) is -0.703. The molecule has 0 unspecified atom stereocenters. The fourth-order valence-corrected chi connectivity index (χ4v) is 2.51. The molecule has 0 aliphatic rings. The Morgan fingerprint density at radius 1 is 1.15 bits per heavy atom. The predicted octanol–water partition coefficient (Wildman–Crippen LogP) is 3.88. The molecule has 1 amide bonds. The Morgan fingerprint density at radius 3 is 2.56 bits per heavy atom. The van der Waals surface area contributed by atoms with Crippen molar-refractivity contribution in [2.24, 2.45) is 0 Å². The van der Waals surface area contributed by atoms with Crippen molar-refractivity contribution < 1.29 is 24.2 Å². The number of ether oxygens (including phenoxy) is 2. The highest BCUT2D eigenvalue weighted by atomic mass is 35.5. The van der Waals surface area contributed by atoms with Gasteiger partial charge in [0, 0.05) is 11.9 Å². The van der Waals surface area contributed by atoms with Crippen molar-refractivity contribution in [2.45, 2.75) is 20.5 Å². The Hall–Kier alpha value is -2.99. The van der Waals surface area contributed by atoms with Crippen LogP contribution in [-0.2, 0) is 16.2 Å². The van der Waals surface area contributed by atoms with Crippen molar-refractivity contribution in [3.63, 3.8) is 0 Å². The van der Waals surface area contributed by atoms with Crippen LogP contribution in [0.4, 0.5) is 0 Å². The number of hydrogen-bond donors (Lipinski definition) is 2. The molecule has 7 heteroatoms. The van der Waals surface area contributed by atoms with Gasteiger partial charge in [-0.1, -0.05) is 29.8 Å². The zero-order valence-corrected chi connectivity index (χ0v) is 15.7. The van der Waals surface area contributed by atoms with Gasteiger partial charge in [0.25, 0.3) is 0 Å². The first-order valence-electron chi connectivity index (χ1n) is 8.25. The third-order valence-corrected chi connectivity index (χ3v) is 3.64. The summed E-state index contributed by atoms with van der Waals surface area (Å²) < 4.78 is 11.4. The minimum atomic E-state index is -1.23. The van der Waals surface area contributed by atoms with E-state index in [0.29, 0.717) is 35.3 Å². The molecule has 0 aliphatic heterocycles. The maximum absolute atomic E-state index is 11.3. The molecule has 0 atom stereocenters. The highest BCUT2D eigenvalue weighted by molar-refractivity contribution is 6.30. The number of rotatable bonds is 8. The summed E-state index contributed by atoms with van der Waals surface area (Å²) in [6.07, 6.45) is 1.35. The smallest absolute Gasteiger partial charge is 0.352 e. The molecule has 0 heterocycles. The van der Waals surface area contributed by atoms with Crippen molar-refractivity contribution in [2.75, 3.05) is 6.61 Å². The summed E-state index contributed by atoms with van der Waals surface area (Å²) in [4.78, 5) is 22.4. The van der Waals surface area contributed by atoms with E-state index < -0.39 is 11.9 Å². The van der Waals surface area contributed by atoms with Gasteiger partial charge < -0.3 is 19.9 Å². The number of halogens is 1. The van der Waals surface area contributed by atoms with Crippen LogP contribution in [0.1, 0.15) is 25.0 Å². The van der Waals surface area contributed by atoms with Crippen molar-refractivity contribution in [3.8, 4) is 11.5 Å². The first-order valence-corrected chi connectivity index (χ1v) is 8.63.